The van der Waals surface area contributed by atoms with Gasteiger partial charge in [0, 0.05) is 53.2 Å². The Morgan fingerprint density at radius 1 is 0.550 bits per heavy atom. The smallest absolute Gasteiger partial charge is 0.0479 e. The molecule has 0 spiro atoms. The van der Waals surface area contributed by atoms with Gasteiger partial charge >= 0.3 is 0 Å². The van der Waals surface area contributed by atoms with Crippen LogP contribution in [0.1, 0.15) is 76.9 Å². The van der Waals surface area contributed by atoms with Crippen LogP contribution >= 0.6 is 0 Å². The minimum atomic E-state index is 0.621. The molecule has 3 aliphatic carbocycles. The number of rotatable bonds is 0. The van der Waals surface area contributed by atoms with Crippen LogP contribution in [0.25, 0.3) is 34.3 Å². The lowest BCUT2D eigenvalue weighted by atomic mass is 10.0. The minimum Gasteiger partial charge on any atom is -0.324 e. The number of aromatic nitrogens is 3. The number of benzene rings is 3. The van der Waals surface area contributed by atoms with Crippen LogP contribution in [0.2, 0.25) is 0 Å². The zero-order valence-corrected chi connectivity index (χ0v) is 36.0. The van der Waals surface area contributed by atoms with Crippen molar-refractivity contribution in [2.24, 2.45) is 0 Å². The van der Waals surface area contributed by atoms with E-state index in [1.807, 2.05) is 18.2 Å². The van der Waals surface area contributed by atoms with Crippen LogP contribution in [-0.4, -0.2) is 13.2 Å². The third-order valence-electron chi connectivity index (χ3n) is 11.2. The van der Waals surface area contributed by atoms with E-state index in [1.54, 1.807) is 0 Å². The van der Waals surface area contributed by atoms with E-state index < -0.39 is 0 Å². The maximum atomic E-state index is 2.28. The number of hydrogen-bond donors (Lipinski definition) is 0. The molecular formula is C57H57N3. The van der Waals surface area contributed by atoms with Gasteiger partial charge in [0.05, 0.1) is 0 Å². The van der Waals surface area contributed by atoms with Crippen molar-refractivity contribution < 1.29 is 0 Å². The van der Waals surface area contributed by atoms with Gasteiger partial charge in [0.15, 0.2) is 0 Å². The number of pyridine rings is 3. The van der Waals surface area contributed by atoms with E-state index in [0.29, 0.717) is 5.92 Å². The average molecular weight is 784 g/mol. The molecule has 300 valence electrons. The van der Waals surface area contributed by atoms with Crippen LogP contribution in [0.3, 0.4) is 0 Å². The Labute approximate surface area is 356 Å². The zero-order valence-electron chi connectivity index (χ0n) is 36.0. The minimum absolute atomic E-state index is 0.621. The normalized spacial score (nSPS) is 13.7. The predicted molar refractivity (Wildman–Crippen MR) is 258 cm³/mol. The molecule has 1 unspecified atom stereocenters. The summed E-state index contributed by atoms with van der Waals surface area (Å²) in [6.45, 7) is 12.9. The second kappa shape index (κ2) is 19.7. The molecule has 0 radical (unpaired) electrons. The molecule has 3 nitrogen and oxygen atoms in total. The van der Waals surface area contributed by atoms with Gasteiger partial charge in [0.2, 0.25) is 0 Å². The molecule has 0 saturated carbocycles. The summed E-state index contributed by atoms with van der Waals surface area (Å²) in [5, 5.41) is 0. The summed E-state index contributed by atoms with van der Waals surface area (Å²) in [5.41, 5.74) is 19.3. The Morgan fingerprint density at radius 2 is 1.22 bits per heavy atom. The van der Waals surface area contributed by atoms with Gasteiger partial charge in [-0.3, -0.25) is 0 Å². The molecule has 0 N–H and O–H groups in total. The molecule has 0 amide bonds. The summed E-state index contributed by atoms with van der Waals surface area (Å²) >= 11 is 0. The van der Waals surface area contributed by atoms with Gasteiger partial charge < -0.3 is 13.2 Å². The van der Waals surface area contributed by atoms with Crippen molar-refractivity contribution in [1.29, 1.82) is 0 Å². The largest absolute Gasteiger partial charge is 0.324 e. The molecule has 0 fully saturated rings. The van der Waals surface area contributed by atoms with Crippen LogP contribution in [-0.2, 0) is 12.8 Å². The van der Waals surface area contributed by atoms with Gasteiger partial charge in [-0.1, -0.05) is 128 Å². The quantitative estimate of drug-likeness (QED) is 0.145. The first-order chi connectivity index (χ1) is 29.2. The lowest BCUT2D eigenvalue weighted by Crippen LogP contribution is -1.84. The molecule has 0 bridgehead atoms. The first-order valence-corrected chi connectivity index (χ1v) is 21.1. The maximum Gasteiger partial charge on any atom is 0.0479 e. The van der Waals surface area contributed by atoms with Crippen molar-refractivity contribution in [3.05, 3.63) is 251 Å². The molecular weight excluding hydrogens is 727 g/mol. The lowest BCUT2D eigenvalue weighted by Gasteiger charge is -2.01. The molecule has 6 aromatic heterocycles. The molecule has 12 rings (SSSR count). The Hall–Kier alpha value is -6.84. The van der Waals surface area contributed by atoms with Gasteiger partial charge in [-0.2, -0.15) is 0 Å². The highest BCUT2D eigenvalue weighted by Gasteiger charge is 2.10. The summed E-state index contributed by atoms with van der Waals surface area (Å²) < 4.78 is 6.41. The van der Waals surface area contributed by atoms with Gasteiger partial charge in [-0.25, -0.2) is 0 Å². The molecule has 3 heteroatoms. The Morgan fingerprint density at radius 3 is 1.95 bits per heavy atom. The second-order valence-corrected chi connectivity index (χ2v) is 15.9. The van der Waals surface area contributed by atoms with Crippen LogP contribution < -0.4 is 0 Å². The van der Waals surface area contributed by atoms with Crippen molar-refractivity contribution in [3.8, 4) is 0 Å². The molecule has 3 aliphatic rings. The summed E-state index contributed by atoms with van der Waals surface area (Å²) in [6.07, 6.45) is 21.6. The topological polar surface area (TPSA) is 13.2 Å². The van der Waals surface area contributed by atoms with Crippen LogP contribution in [0, 0.1) is 20.8 Å². The summed E-state index contributed by atoms with van der Waals surface area (Å²) in [6, 6.07) is 52.8. The van der Waals surface area contributed by atoms with Crippen LogP contribution in [0.4, 0.5) is 0 Å². The van der Waals surface area contributed by atoms with Crippen molar-refractivity contribution >= 4 is 34.3 Å². The summed E-state index contributed by atoms with van der Waals surface area (Å²) in [7, 11) is 0. The van der Waals surface area contributed by atoms with E-state index in [-0.39, 0.29) is 0 Å². The van der Waals surface area contributed by atoms with Crippen molar-refractivity contribution in [3.63, 3.8) is 0 Å². The SMILES string of the molecule is CC1=CCc2ccccc21.CC1=Cc2ccccc2C1.CC1C=Cc2ccccc21.Cc1cc2ccccn2c1.Cc1ccc2ccccn12.Cc1ccn2ccccc12. The summed E-state index contributed by atoms with van der Waals surface area (Å²) in [5.74, 6) is 0.621. The van der Waals surface area contributed by atoms with Gasteiger partial charge in [0.25, 0.3) is 0 Å². The monoisotopic (exact) mass is 783 g/mol. The lowest BCUT2D eigenvalue weighted by molar-refractivity contribution is 0.990. The van der Waals surface area contributed by atoms with Gasteiger partial charge in [0.1, 0.15) is 0 Å². The van der Waals surface area contributed by atoms with Crippen LogP contribution in [0.15, 0.2) is 200 Å². The fraction of sp³-hybridized carbons (Fsp3) is 0.158. The number of hydrogen-bond acceptors (Lipinski definition) is 0. The maximum absolute atomic E-state index is 2.28. The first kappa shape index (κ1) is 41.3. The molecule has 9 aromatic rings. The molecule has 60 heavy (non-hydrogen) atoms. The van der Waals surface area contributed by atoms with E-state index >= 15 is 0 Å². The average Bonchev–Trinajstić information content (AvgIpc) is 4.15. The molecule has 1 atom stereocenters. The van der Waals surface area contributed by atoms with E-state index in [4.69, 9.17) is 0 Å². The number of nitrogens with zero attached hydrogens (tertiary/aromatic N) is 3. The highest BCUT2D eigenvalue weighted by atomic mass is 14.9. The predicted octanol–water partition coefficient (Wildman–Crippen LogP) is 14.9. The van der Waals surface area contributed by atoms with Crippen molar-refractivity contribution in [2.75, 3.05) is 0 Å². The highest BCUT2D eigenvalue weighted by molar-refractivity contribution is 5.71. The Bertz CT molecular complexity index is 2790. The number of allylic oxidation sites excluding steroid dienone is 4. The van der Waals surface area contributed by atoms with E-state index in [9.17, 15) is 0 Å². The summed E-state index contributed by atoms with van der Waals surface area (Å²) in [4.78, 5) is 0. The highest BCUT2D eigenvalue weighted by Crippen LogP contribution is 2.29. The van der Waals surface area contributed by atoms with E-state index in [0.717, 1.165) is 12.8 Å². The van der Waals surface area contributed by atoms with Crippen LogP contribution in [0.5, 0.6) is 0 Å². The number of fused-ring (bicyclic) bond motifs is 6. The zero-order chi connectivity index (χ0) is 41.8. The fourth-order valence-electron chi connectivity index (χ4n) is 7.93. The van der Waals surface area contributed by atoms with E-state index in [1.165, 1.54) is 77.9 Å². The third-order valence-corrected chi connectivity index (χ3v) is 11.2. The Kier molecular flexibility index (Phi) is 13.6. The fourth-order valence-corrected chi connectivity index (χ4v) is 7.93. The molecule has 0 saturated heterocycles. The van der Waals surface area contributed by atoms with Gasteiger partial charge in [-0.15, -0.1) is 0 Å². The first-order valence-electron chi connectivity index (χ1n) is 21.1. The van der Waals surface area contributed by atoms with Gasteiger partial charge in [-0.05, 0) is 164 Å². The molecule has 3 aromatic carbocycles. The molecule has 6 heterocycles. The van der Waals surface area contributed by atoms with E-state index in [2.05, 4.69) is 243 Å². The van der Waals surface area contributed by atoms with Crippen molar-refractivity contribution in [1.82, 2.24) is 13.2 Å². The standard InChI is InChI=1S/3C10H10.3C9H9N/c1-8-6-9-4-2-3-5-10(9)7-8;2*1-8-6-7-9-4-2-3-5-10(8)9;1-8-5-6-9-4-2-3-7-10(8)9;1-8-5-7-10-6-3-2-4-9(8)10;1-8-6-9-4-2-3-5-10(9)7-8/h2*2-6H,7H2,1H3;2-8H,1H3;3*2-7H,1H3. The Balaban J connectivity index is 0.000000109. The number of aryl methyl sites for hydroxylation is 3. The third kappa shape index (κ3) is 10.4. The molecule has 0 aliphatic heterocycles. The van der Waals surface area contributed by atoms with Crippen molar-refractivity contribution in [2.45, 2.75) is 60.3 Å². The second-order valence-electron chi connectivity index (χ2n) is 15.9.